The number of benzene rings is 1. The van der Waals surface area contributed by atoms with Crippen molar-refractivity contribution in [2.75, 3.05) is 31.2 Å². The summed E-state index contributed by atoms with van der Waals surface area (Å²) in [6.45, 7) is 9.16. The van der Waals surface area contributed by atoms with Crippen molar-refractivity contribution in [2.24, 2.45) is 0 Å². The highest BCUT2D eigenvalue weighted by Crippen LogP contribution is 2.31. The molecule has 0 spiro atoms. The van der Waals surface area contributed by atoms with Crippen molar-refractivity contribution in [1.82, 2.24) is 5.32 Å². The number of ether oxygens (including phenoxy) is 1. The first-order chi connectivity index (χ1) is 10.0. The number of para-hydroxylation sites is 2. The van der Waals surface area contributed by atoms with Crippen LogP contribution < -0.4 is 15.0 Å². The Hall–Kier alpha value is -1.26. The van der Waals surface area contributed by atoms with Crippen LogP contribution in [0.25, 0.3) is 0 Å². The second-order valence-corrected chi connectivity index (χ2v) is 6.42. The first-order valence-electron chi connectivity index (χ1n) is 7.89. The zero-order valence-electron chi connectivity index (χ0n) is 13.4. The van der Waals surface area contributed by atoms with E-state index in [1.165, 1.54) is 5.69 Å². The third kappa shape index (κ3) is 4.35. The van der Waals surface area contributed by atoms with E-state index in [9.17, 15) is 5.11 Å². The van der Waals surface area contributed by atoms with Crippen LogP contribution in [0.3, 0.4) is 0 Å². The zero-order chi connectivity index (χ0) is 15.3. The number of hydrogen-bond acceptors (Lipinski definition) is 4. The molecule has 0 radical (unpaired) electrons. The minimum Gasteiger partial charge on any atom is -0.491 e. The number of fused-ring (bicyclic) bond motifs is 1. The Kier molecular flexibility index (Phi) is 5.48. The van der Waals surface area contributed by atoms with Gasteiger partial charge in [0.15, 0.2) is 0 Å². The summed E-state index contributed by atoms with van der Waals surface area (Å²) in [5.41, 5.74) is 0.927. The van der Waals surface area contributed by atoms with Crippen molar-refractivity contribution < 1.29 is 9.84 Å². The SMILES string of the molecule is CC(C)NC(C)(CO)CCN1CCCOc2ccccc21. The second-order valence-electron chi connectivity index (χ2n) is 6.42. The molecule has 0 aromatic heterocycles. The fourth-order valence-electron chi connectivity index (χ4n) is 2.91. The van der Waals surface area contributed by atoms with Crippen LogP contribution in [-0.2, 0) is 0 Å². The molecule has 0 saturated heterocycles. The molecule has 0 aliphatic carbocycles. The smallest absolute Gasteiger partial charge is 0.142 e. The minimum absolute atomic E-state index is 0.150. The van der Waals surface area contributed by atoms with E-state index in [1.807, 2.05) is 12.1 Å². The van der Waals surface area contributed by atoms with Gasteiger partial charge in [-0.1, -0.05) is 26.0 Å². The van der Waals surface area contributed by atoms with Gasteiger partial charge < -0.3 is 20.1 Å². The number of anilines is 1. The summed E-state index contributed by atoms with van der Waals surface area (Å²) >= 11 is 0. The minimum atomic E-state index is -0.240. The van der Waals surface area contributed by atoms with Crippen molar-refractivity contribution in [1.29, 1.82) is 0 Å². The van der Waals surface area contributed by atoms with Gasteiger partial charge in [-0.3, -0.25) is 0 Å². The molecule has 4 nitrogen and oxygen atoms in total. The summed E-state index contributed by atoms with van der Waals surface area (Å²) in [6.07, 6.45) is 1.93. The first kappa shape index (κ1) is 16.1. The van der Waals surface area contributed by atoms with E-state index >= 15 is 0 Å². The molecule has 2 N–H and O–H groups in total. The second kappa shape index (κ2) is 7.14. The van der Waals surface area contributed by atoms with Crippen molar-refractivity contribution >= 4 is 5.69 Å². The van der Waals surface area contributed by atoms with Gasteiger partial charge in [0.25, 0.3) is 0 Å². The van der Waals surface area contributed by atoms with Gasteiger partial charge in [-0.05, 0) is 31.9 Å². The monoisotopic (exact) mass is 292 g/mol. The normalized spacial score (nSPS) is 17.9. The van der Waals surface area contributed by atoms with Gasteiger partial charge in [0.1, 0.15) is 5.75 Å². The predicted octanol–water partition coefficient (Wildman–Crippen LogP) is 2.41. The van der Waals surface area contributed by atoms with Gasteiger partial charge in [-0.15, -0.1) is 0 Å². The van der Waals surface area contributed by atoms with Crippen molar-refractivity contribution in [3.05, 3.63) is 24.3 Å². The molecule has 0 saturated carbocycles. The lowest BCUT2D eigenvalue weighted by atomic mass is 9.97. The number of hydrogen-bond donors (Lipinski definition) is 2. The Balaban J connectivity index is 2.05. The molecule has 4 heteroatoms. The van der Waals surface area contributed by atoms with Crippen LogP contribution in [0, 0.1) is 0 Å². The number of nitrogens with one attached hydrogen (secondary N) is 1. The third-order valence-corrected chi connectivity index (χ3v) is 3.96. The van der Waals surface area contributed by atoms with Gasteiger partial charge in [0.05, 0.1) is 18.9 Å². The van der Waals surface area contributed by atoms with Crippen molar-refractivity contribution in [2.45, 2.75) is 45.2 Å². The lowest BCUT2D eigenvalue weighted by Crippen LogP contribution is -2.51. The molecular formula is C17H28N2O2. The van der Waals surface area contributed by atoms with Crippen LogP contribution in [0.2, 0.25) is 0 Å². The van der Waals surface area contributed by atoms with E-state index in [0.717, 1.165) is 38.3 Å². The van der Waals surface area contributed by atoms with E-state index in [1.54, 1.807) is 0 Å². The molecule has 2 rings (SSSR count). The summed E-state index contributed by atoms with van der Waals surface area (Å²) < 4.78 is 5.79. The molecule has 1 atom stereocenters. The fourth-order valence-corrected chi connectivity index (χ4v) is 2.91. The van der Waals surface area contributed by atoms with Gasteiger partial charge in [-0.2, -0.15) is 0 Å². The molecule has 0 fully saturated rings. The maximum absolute atomic E-state index is 9.71. The van der Waals surface area contributed by atoms with Gasteiger partial charge in [0, 0.05) is 24.7 Å². The average molecular weight is 292 g/mol. The Bertz CT molecular complexity index is 450. The maximum Gasteiger partial charge on any atom is 0.142 e. The topological polar surface area (TPSA) is 44.7 Å². The molecule has 1 aromatic rings. The molecular weight excluding hydrogens is 264 g/mol. The van der Waals surface area contributed by atoms with E-state index in [2.05, 4.69) is 43.1 Å². The van der Waals surface area contributed by atoms with Crippen LogP contribution in [0.5, 0.6) is 5.75 Å². The molecule has 118 valence electrons. The fraction of sp³-hybridized carbons (Fsp3) is 0.647. The first-order valence-corrected chi connectivity index (χ1v) is 7.89. The summed E-state index contributed by atoms with van der Waals surface area (Å²) in [5.74, 6) is 0.970. The standard InChI is InChI=1S/C17H28N2O2/c1-14(2)18-17(3,13-20)9-11-19-10-6-12-21-16-8-5-4-7-15(16)19/h4-5,7-8,14,18,20H,6,9-13H2,1-3H3. The largest absolute Gasteiger partial charge is 0.491 e. The number of aliphatic hydroxyl groups excluding tert-OH is 1. The van der Waals surface area contributed by atoms with E-state index in [4.69, 9.17) is 4.74 Å². The Morgan fingerprint density at radius 2 is 2.14 bits per heavy atom. The molecule has 1 heterocycles. The Labute approximate surface area is 128 Å². The van der Waals surface area contributed by atoms with Crippen LogP contribution in [-0.4, -0.2) is 43.0 Å². The zero-order valence-corrected chi connectivity index (χ0v) is 13.4. The Morgan fingerprint density at radius 3 is 2.86 bits per heavy atom. The van der Waals surface area contributed by atoms with E-state index in [0.29, 0.717) is 6.04 Å². The Morgan fingerprint density at radius 1 is 1.38 bits per heavy atom. The van der Waals surface area contributed by atoms with Crippen LogP contribution in [0.15, 0.2) is 24.3 Å². The summed E-state index contributed by atoms with van der Waals surface area (Å²) in [6, 6.07) is 8.58. The van der Waals surface area contributed by atoms with Crippen molar-refractivity contribution in [3.8, 4) is 5.75 Å². The third-order valence-electron chi connectivity index (χ3n) is 3.96. The lowest BCUT2D eigenvalue weighted by Gasteiger charge is -2.34. The number of aliphatic hydroxyl groups is 1. The molecule has 0 bridgehead atoms. The summed E-state index contributed by atoms with van der Waals surface area (Å²) in [5, 5.41) is 13.2. The van der Waals surface area contributed by atoms with Crippen molar-refractivity contribution in [3.63, 3.8) is 0 Å². The number of nitrogens with zero attached hydrogens (tertiary/aromatic N) is 1. The quantitative estimate of drug-likeness (QED) is 0.845. The molecule has 1 aromatic carbocycles. The van der Waals surface area contributed by atoms with Crippen LogP contribution >= 0.6 is 0 Å². The molecule has 0 amide bonds. The highest BCUT2D eigenvalue weighted by molar-refractivity contribution is 5.58. The van der Waals surface area contributed by atoms with E-state index < -0.39 is 0 Å². The average Bonchev–Trinajstić information content (AvgIpc) is 2.67. The lowest BCUT2D eigenvalue weighted by molar-refractivity contribution is 0.158. The van der Waals surface area contributed by atoms with Crippen LogP contribution in [0.4, 0.5) is 5.69 Å². The van der Waals surface area contributed by atoms with Gasteiger partial charge in [-0.25, -0.2) is 0 Å². The highest BCUT2D eigenvalue weighted by atomic mass is 16.5. The van der Waals surface area contributed by atoms with Crippen LogP contribution in [0.1, 0.15) is 33.6 Å². The summed E-state index contributed by atoms with van der Waals surface area (Å²) in [4.78, 5) is 2.37. The maximum atomic E-state index is 9.71. The highest BCUT2D eigenvalue weighted by Gasteiger charge is 2.25. The predicted molar refractivity (Wildman–Crippen MR) is 87.1 cm³/mol. The number of rotatable bonds is 6. The van der Waals surface area contributed by atoms with Gasteiger partial charge in [0.2, 0.25) is 0 Å². The molecule has 1 unspecified atom stereocenters. The molecule has 1 aliphatic rings. The van der Waals surface area contributed by atoms with E-state index in [-0.39, 0.29) is 12.1 Å². The summed E-state index contributed by atoms with van der Waals surface area (Å²) in [7, 11) is 0. The molecule has 1 aliphatic heterocycles. The van der Waals surface area contributed by atoms with Gasteiger partial charge >= 0.3 is 0 Å². The molecule has 21 heavy (non-hydrogen) atoms.